The quantitative estimate of drug-likeness (QED) is 0.533. The number of hydrogen-bond donors (Lipinski definition) is 0. The average Bonchev–Trinajstić information content (AvgIpc) is 1.63. The molecule has 0 spiro atoms. The molecule has 2 nitrogen and oxygen atoms in total. The molecule has 0 aliphatic heterocycles. The van der Waals surface area contributed by atoms with Crippen molar-refractivity contribution in [2.24, 2.45) is 9.98 Å². The van der Waals surface area contributed by atoms with E-state index in [0.29, 0.717) is 9.23 Å². The first-order valence-corrected chi connectivity index (χ1v) is 3.76. The van der Waals surface area contributed by atoms with Crippen LogP contribution in [0.4, 0.5) is 0 Å². The summed E-state index contributed by atoms with van der Waals surface area (Å²) in [6, 6.07) is 0. The van der Waals surface area contributed by atoms with Gasteiger partial charge in [0.25, 0.3) is 0 Å². The lowest BCUT2D eigenvalue weighted by Crippen LogP contribution is -1.85. The van der Waals surface area contributed by atoms with E-state index in [1.165, 1.54) is 0 Å². The van der Waals surface area contributed by atoms with Gasteiger partial charge in [-0.3, -0.25) is 4.99 Å². The molecule has 0 fully saturated rings. The Kier molecular flexibility index (Phi) is 4.90. The van der Waals surface area contributed by atoms with E-state index in [2.05, 4.69) is 48.4 Å². The van der Waals surface area contributed by atoms with Gasteiger partial charge in [-0.15, -0.1) is 0 Å². The second-order valence-corrected chi connectivity index (χ2v) is 2.93. The van der Waals surface area contributed by atoms with Crippen LogP contribution in [0.3, 0.4) is 0 Å². The topological polar surface area (TPSA) is 24.7 Å². The maximum atomic E-state index is 3.87. The Morgan fingerprint density at radius 1 is 1.56 bits per heavy atom. The van der Waals surface area contributed by atoms with Crippen molar-refractivity contribution in [3.63, 3.8) is 0 Å². The van der Waals surface area contributed by atoms with Gasteiger partial charge in [-0.2, -0.15) is 0 Å². The van der Waals surface area contributed by atoms with Gasteiger partial charge in [0.15, 0.2) is 0 Å². The molecule has 0 aliphatic rings. The van der Waals surface area contributed by atoms with E-state index < -0.39 is 0 Å². The number of aliphatic imine (C=N–C) groups is 2. The molecular formula is C5H6Br2N2. The van der Waals surface area contributed by atoms with Crippen LogP contribution in [0.1, 0.15) is 0 Å². The summed E-state index contributed by atoms with van der Waals surface area (Å²) < 4.78 is 1.24. The molecule has 0 aromatic heterocycles. The molecule has 0 heterocycles. The second-order valence-electron chi connectivity index (χ2n) is 1.20. The predicted molar refractivity (Wildman–Crippen MR) is 48.8 cm³/mol. The minimum atomic E-state index is 0.578. The lowest BCUT2D eigenvalue weighted by Gasteiger charge is -1.84. The van der Waals surface area contributed by atoms with Crippen LogP contribution in [0.15, 0.2) is 21.2 Å². The van der Waals surface area contributed by atoms with Crippen molar-refractivity contribution in [3.8, 4) is 0 Å². The SMILES string of the molecule is C=C(Br)N=C(Br)C=NC. The van der Waals surface area contributed by atoms with Crippen LogP contribution in [0.5, 0.6) is 0 Å². The summed E-state index contributed by atoms with van der Waals surface area (Å²) >= 11 is 6.22. The molecule has 0 saturated heterocycles. The molecule has 0 unspecified atom stereocenters. The van der Waals surface area contributed by atoms with Gasteiger partial charge in [0, 0.05) is 7.05 Å². The molecule has 4 heteroatoms. The van der Waals surface area contributed by atoms with Crippen molar-refractivity contribution in [1.82, 2.24) is 0 Å². The third kappa shape index (κ3) is 5.92. The summed E-state index contributed by atoms with van der Waals surface area (Å²) in [5.74, 6) is 0. The largest absolute Gasteiger partial charge is 0.294 e. The van der Waals surface area contributed by atoms with Crippen LogP contribution < -0.4 is 0 Å². The Labute approximate surface area is 71.0 Å². The Morgan fingerprint density at radius 3 is 2.44 bits per heavy atom. The van der Waals surface area contributed by atoms with Gasteiger partial charge in [0.05, 0.1) is 10.8 Å². The summed E-state index contributed by atoms with van der Waals surface area (Å²) in [6.07, 6.45) is 1.59. The van der Waals surface area contributed by atoms with Crippen molar-refractivity contribution in [2.45, 2.75) is 0 Å². The van der Waals surface area contributed by atoms with Crippen LogP contribution in [-0.2, 0) is 0 Å². The first-order chi connectivity index (χ1) is 4.16. The van der Waals surface area contributed by atoms with Gasteiger partial charge in [-0.25, -0.2) is 4.99 Å². The van der Waals surface area contributed by atoms with E-state index in [9.17, 15) is 0 Å². The van der Waals surface area contributed by atoms with E-state index in [0.717, 1.165) is 0 Å². The number of halogens is 2. The smallest absolute Gasteiger partial charge is 0.125 e. The molecule has 0 radical (unpaired) electrons. The zero-order valence-corrected chi connectivity index (χ0v) is 8.11. The Hall–Kier alpha value is 0.0400. The highest BCUT2D eigenvalue weighted by Crippen LogP contribution is 2.03. The van der Waals surface area contributed by atoms with Gasteiger partial charge in [0.1, 0.15) is 4.62 Å². The fourth-order valence-corrected chi connectivity index (χ4v) is 1.10. The normalized spacial score (nSPS) is 12.6. The minimum absolute atomic E-state index is 0.578. The third-order valence-corrected chi connectivity index (χ3v) is 1.02. The van der Waals surface area contributed by atoms with Crippen LogP contribution in [0, 0.1) is 0 Å². The Balaban J connectivity index is 4.00. The number of nitrogens with zero attached hydrogens (tertiary/aromatic N) is 2. The van der Waals surface area contributed by atoms with Gasteiger partial charge in [-0.05, 0) is 31.9 Å². The van der Waals surface area contributed by atoms with E-state index in [-0.39, 0.29) is 0 Å². The van der Waals surface area contributed by atoms with Gasteiger partial charge >= 0.3 is 0 Å². The lowest BCUT2D eigenvalue weighted by molar-refractivity contribution is 1.48. The van der Waals surface area contributed by atoms with Crippen LogP contribution >= 0.6 is 31.9 Å². The molecule has 9 heavy (non-hydrogen) atoms. The highest BCUT2D eigenvalue weighted by Gasteiger charge is 1.84. The first kappa shape index (κ1) is 9.04. The summed E-state index contributed by atoms with van der Waals surface area (Å²) in [4.78, 5) is 7.60. The minimum Gasteiger partial charge on any atom is -0.294 e. The molecule has 0 aromatic rings. The highest BCUT2D eigenvalue weighted by molar-refractivity contribution is 9.19. The van der Waals surface area contributed by atoms with Crippen LogP contribution in [-0.4, -0.2) is 17.9 Å². The third-order valence-electron chi connectivity index (χ3n) is 0.464. The molecule has 0 aromatic carbocycles. The Bertz CT molecular complexity index is 160. The maximum Gasteiger partial charge on any atom is 0.125 e. The van der Waals surface area contributed by atoms with E-state index >= 15 is 0 Å². The first-order valence-electron chi connectivity index (χ1n) is 2.17. The fraction of sp³-hybridized carbons (Fsp3) is 0.200. The standard InChI is InChI=1S/C5H6Br2N2/c1-4(6)9-5(7)3-8-2/h3H,1H2,2H3. The highest BCUT2D eigenvalue weighted by atomic mass is 79.9. The van der Waals surface area contributed by atoms with Crippen molar-refractivity contribution in [1.29, 1.82) is 0 Å². The molecule has 0 saturated carbocycles. The molecule has 0 bridgehead atoms. The number of rotatable bonds is 2. The summed E-state index contributed by atoms with van der Waals surface area (Å²) in [7, 11) is 1.67. The zero-order valence-electron chi connectivity index (χ0n) is 4.93. The van der Waals surface area contributed by atoms with Crippen molar-refractivity contribution < 1.29 is 0 Å². The van der Waals surface area contributed by atoms with Crippen molar-refractivity contribution in [2.75, 3.05) is 7.05 Å². The lowest BCUT2D eigenvalue weighted by atomic mass is 10.8. The van der Waals surface area contributed by atoms with Gasteiger partial charge < -0.3 is 0 Å². The van der Waals surface area contributed by atoms with Gasteiger partial charge in [-0.1, -0.05) is 6.58 Å². The van der Waals surface area contributed by atoms with Crippen molar-refractivity contribution in [3.05, 3.63) is 11.2 Å². The molecule has 50 valence electrons. The van der Waals surface area contributed by atoms with Gasteiger partial charge in [0.2, 0.25) is 0 Å². The van der Waals surface area contributed by atoms with E-state index in [4.69, 9.17) is 0 Å². The average molecular weight is 254 g/mol. The summed E-state index contributed by atoms with van der Waals surface area (Å²) in [5, 5.41) is 0. The van der Waals surface area contributed by atoms with E-state index in [1.54, 1.807) is 13.3 Å². The van der Waals surface area contributed by atoms with Crippen LogP contribution in [0.2, 0.25) is 0 Å². The maximum absolute atomic E-state index is 3.87. The molecule has 0 aliphatic carbocycles. The van der Waals surface area contributed by atoms with E-state index in [1.807, 2.05) is 0 Å². The monoisotopic (exact) mass is 252 g/mol. The zero-order chi connectivity index (χ0) is 7.28. The summed E-state index contributed by atoms with van der Waals surface area (Å²) in [6.45, 7) is 3.51. The molecule has 0 atom stereocenters. The molecule has 0 rings (SSSR count). The number of hydrogen-bond acceptors (Lipinski definition) is 2. The van der Waals surface area contributed by atoms with Crippen LogP contribution in [0.25, 0.3) is 0 Å². The predicted octanol–water partition coefficient (Wildman–Crippen LogP) is 2.35. The Morgan fingerprint density at radius 2 is 2.11 bits per heavy atom. The summed E-state index contributed by atoms with van der Waals surface area (Å²) in [5.41, 5.74) is 0. The second kappa shape index (κ2) is 4.88. The fourth-order valence-electron chi connectivity index (χ4n) is 0.251. The van der Waals surface area contributed by atoms with Crippen molar-refractivity contribution >= 4 is 42.7 Å². The molecule has 0 amide bonds. The molecule has 0 N–H and O–H groups in total. The molecular weight excluding hydrogens is 248 g/mol.